The van der Waals surface area contributed by atoms with Gasteiger partial charge >= 0.3 is 0 Å². The molecule has 0 bridgehead atoms. The molecule has 52 heavy (non-hydrogen) atoms. The third kappa shape index (κ3) is 4.71. The molecule has 0 saturated heterocycles. The van der Waals surface area contributed by atoms with Crippen LogP contribution in [-0.4, -0.2) is 16.7 Å². The Hall–Kier alpha value is -5.82. The van der Waals surface area contributed by atoms with E-state index in [2.05, 4.69) is 157 Å². The van der Waals surface area contributed by atoms with Crippen LogP contribution in [0.15, 0.2) is 178 Å². The van der Waals surface area contributed by atoms with Crippen LogP contribution in [-0.2, 0) is 0 Å². The minimum atomic E-state index is -0.375. The first-order chi connectivity index (χ1) is 25.8. The Morgan fingerprint density at radius 2 is 1.38 bits per heavy atom. The number of fused-ring (bicyclic) bond motifs is 10. The van der Waals surface area contributed by atoms with E-state index in [1.165, 1.54) is 51.7 Å². The molecular weight excluding hydrogens is 673 g/mol. The predicted molar refractivity (Wildman–Crippen MR) is 220 cm³/mol. The fourth-order valence-electron chi connectivity index (χ4n) is 8.14. The third-order valence-electron chi connectivity index (χ3n) is 10.5. The summed E-state index contributed by atoms with van der Waals surface area (Å²) in [4.78, 5) is 18.6. The largest absolute Gasteiger partial charge is 0.328 e. The second kappa shape index (κ2) is 11.9. The molecule has 8 aromatic rings. The van der Waals surface area contributed by atoms with Crippen molar-refractivity contribution in [3.05, 3.63) is 179 Å². The predicted octanol–water partition coefficient (Wildman–Crippen LogP) is 11.8. The van der Waals surface area contributed by atoms with Gasteiger partial charge in [0.25, 0.3) is 0 Å². The Morgan fingerprint density at radius 1 is 0.615 bits per heavy atom. The van der Waals surface area contributed by atoms with Gasteiger partial charge in [0.1, 0.15) is 11.7 Å². The first kappa shape index (κ1) is 29.9. The molecule has 0 radical (unpaired) electrons. The molecule has 3 atom stereocenters. The van der Waals surface area contributed by atoms with Gasteiger partial charge in [-0.15, -0.1) is 11.3 Å². The summed E-state index contributed by atoms with van der Waals surface area (Å²) in [6.07, 6.45) is 6.38. The molecule has 1 N–H and O–H groups in total. The maximum absolute atomic E-state index is 5.41. The number of pyridine rings is 1. The summed E-state index contributed by atoms with van der Waals surface area (Å²) in [5, 5.41) is 9.85. The van der Waals surface area contributed by atoms with E-state index in [-0.39, 0.29) is 18.0 Å². The molecule has 3 aliphatic rings. The molecule has 2 aliphatic heterocycles. The number of nitrogens with zero attached hydrogens (tertiary/aromatic N) is 3. The first-order valence-electron chi connectivity index (χ1n) is 17.6. The number of benzene rings is 6. The van der Waals surface area contributed by atoms with Gasteiger partial charge in [-0.3, -0.25) is 0 Å². The van der Waals surface area contributed by atoms with Gasteiger partial charge < -0.3 is 5.32 Å². The summed E-state index contributed by atoms with van der Waals surface area (Å²) in [7, 11) is 0. The number of aliphatic imine (C=N–C) groups is 2. The van der Waals surface area contributed by atoms with Crippen LogP contribution >= 0.6 is 23.1 Å². The second-order valence-corrected chi connectivity index (χ2v) is 15.7. The normalized spacial score (nSPS) is 19.3. The molecule has 6 heteroatoms. The Bertz CT molecular complexity index is 2870. The summed E-state index contributed by atoms with van der Waals surface area (Å²) in [5.74, 6) is 2.12. The van der Waals surface area contributed by atoms with E-state index in [1.54, 1.807) is 0 Å². The van der Waals surface area contributed by atoms with Crippen molar-refractivity contribution in [2.45, 2.75) is 17.0 Å². The van der Waals surface area contributed by atoms with E-state index in [9.17, 15) is 0 Å². The highest BCUT2D eigenvalue weighted by molar-refractivity contribution is 8.03. The quantitative estimate of drug-likeness (QED) is 0.186. The van der Waals surface area contributed by atoms with Crippen molar-refractivity contribution in [3.8, 4) is 11.3 Å². The van der Waals surface area contributed by atoms with Crippen molar-refractivity contribution in [2.24, 2.45) is 15.9 Å². The number of thioether (sulfide) groups is 1. The molecule has 0 fully saturated rings. The van der Waals surface area contributed by atoms with E-state index in [0.717, 1.165) is 39.6 Å². The molecule has 0 saturated carbocycles. The van der Waals surface area contributed by atoms with Crippen LogP contribution in [0.3, 0.4) is 0 Å². The number of nitrogens with one attached hydrogen (secondary N) is 1. The number of aromatic nitrogens is 1. The lowest BCUT2D eigenvalue weighted by Crippen LogP contribution is -2.41. The number of amidine groups is 2. The zero-order valence-corrected chi connectivity index (χ0v) is 29.5. The van der Waals surface area contributed by atoms with E-state index < -0.39 is 0 Å². The number of thiophene rings is 1. The van der Waals surface area contributed by atoms with Gasteiger partial charge in [-0.05, 0) is 40.3 Å². The maximum atomic E-state index is 5.41. The lowest BCUT2D eigenvalue weighted by molar-refractivity contribution is 0.673. The molecule has 1 aliphatic carbocycles. The van der Waals surface area contributed by atoms with E-state index in [0.29, 0.717) is 0 Å². The molecule has 4 heterocycles. The van der Waals surface area contributed by atoms with E-state index in [4.69, 9.17) is 15.0 Å². The van der Waals surface area contributed by atoms with Gasteiger partial charge in [0.2, 0.25) is 0 Å². The first-order valence-corrected chi connectivity index (χ1v) is 19.3. The summed E-state index contributed by atoms with van der Waals surface area (Å²) >= 11 is 3.72. The molecule has 0 spiro atoms. The topological polar surface area (TPSA) is 49.6 Å². The average Bonchev–Trinajstić information content (AvgIpc) is 3.79. The van der Waals surface area contributed by atoms with E-state index in [1.807, 2.05) is 29.2 Å². The van der Waals surface area contributed by atoms with Gasteiger partial charge in [0, 0.05) is 64.2 Å². The van der Waals surface area contributed by atoms with Gasteiger partial charge in [-0.2, -0.15) is 0 Å². The number of allylic oxidation sites excluding steroid dienone is 3. The number of para-hydroxylation sites is 1. The second-order valence-electron chi connectivity index (χ2n) is 13.5. The number of hydrogen-bond acceptors (Lipinski definition) is 6. The monoisotopic (exact) mass is 702 g/mol. The van der Waals surface area contributed by atoms with Crippen LogP contribution in [0.25, 0.3) is 53.1 Å². The minimum absolute atomic E-state index is 0.0768. The van der Waals surface area contributed by atoms with Gasteiger partial charge in [0.05, 0.1) is 11.2 Å². The summed E-state index contributed by atoms with van der Waals surface area (Å²) in [5.41, 5.74) is 6.67. The highest BCUT2D eigenvalue weighted by Crippen LogP contribution is 2.54. The van der Waals surface area contributed by atoms with Gasteiger partial charge in [-0.25, -0.2) is 15.0 Å². The van der Waals surface area contributed by atoms with Crippen molar-refractivity contribution < 1.29 is 0 Å². The van der Waals surface area contributed by atoms with Crippen molar-refractivity contribution in [2.75, 3.05) is 0 Å². The van der Waals surface area contributed by atoms with Crippen molar-refractivity contribution in [1.82, 2.24) is 10.3 Å². The number of rotatable bonds is 4. The Balaban J connectivity index is 1.08. The highest BCUT2D eigenvalue weighted by Gasteiger charge is 2.38. The zero-order chi connectivity index (χ0) is 34.2. The van der Waals surface area contributed by atoms with Crippen molar-refractivity contribution >= 4 is 76.6 Å². The summed E-state index contributed by atoms with van der Waals surface area (Å²) in [6, 6.07) is 49.7. The van der Waals surface area contributed by atoms with Crippen LogP contribution in [0, 0.1) is 5.92 Å². The lowest BCUT2D eigenvalue weighted by atomic mass is 9.82. The highest BCUT2D eigenvalue weighted by atomic mass is 32.2. The van der Waals surface area contributed by atoms with Gasteiger partial charge in [0.15, 0.2) is 6.17 Å². The fourth-order valence-corrected chi connectivity index (χ4v) is 10.6. The minimum Gasteiger partial charge on any atom is -0.328 e. The molecule has 4 nitrogen and oxygen atoms in total. The van der Waals surface area contributed by atoms with Crippen molar-refractivity contribution in [1.29, 1.82) is 0 Å². The fraction of sp³-hybridized carbons (Fsp3) is 0.0652. The lowest BCUT2D eigenvalue weighted by Gasteiger charge is -2.30. The molecule has 6 aromatic carbocycles. The smallest absolute Gasteiger partial charge is 0.169 e. The molecule has 246 valence electrons. The summed E-state index contributed by atoms with van der Waals surface area (Å²) in [6.45, 7) is 0. The van der Waals surface area contributed by atoms with Crippen LogP contribution in [0.1, 0.15) is 28.8 Å². The molecule has 0 amide bonds. The van der Waals surface area contributed by atoms with E-state index >= 15 is 0 Å². The average molecular weight is 703 g/mol. The van der Waals surface area contributed by atoms with Gasteiger partial charge in [-0.1, -0.05) is 145 Å². The van der Waals surface area contributed by atoms with Crippen LogP contribution in [0.5, 0.6) is 0 Å². The number of hydrogen-bond donors (Lipinski definition) is 1. The molecule has 2 aromatic heterocycles. The van der Waals surface area contributed by atoms with Crippen LogP contribution in [0.2, 0.25) is 0 Å². The zero-order valence-electron chi connectivity index (χ0n) is 27.9. The van der Waals surface area contributed by atoms with Crippen molar-refractivity contribution in [3.63, 3.8) is 0 Å². The molecule has 11 rings (SSSR count). The Morgan fingerprint density at radius 3 is 2.27 bits per heavy atom. The summed E-state index contributed by atoms with van der Waals surface area (Å²) < 4.78 is 2.50. The Kier molecular flexibility index (Phi) is 6.82. The maximum Gasteiger partial charge on any atom is 0.169 e. The Labute approximate surface area is 309 Å². The molecular formula is C46H30N4S2. The standard InChI is InChI=1S/C46H30N4S2/c1-3-12-27(13-4-1)43-33-24-25-38-42(41(33)30-16-7-9-19-35(30)47-43)32-23-22-29(26-39(32)52-38)45-48-44(28-14-5-2-6-15-28)49-46(50-45)34-18-11-21-37-40(34)31-17-8-10-20-36(31)51-37/h1-26,34,40,45H,(H,48,49,50). The SMILES string of the molecule is C1=CC(C2=NC(c3ccc4c(c3)sc3ccc5c(-c6ccccc6)nc6ccccc6c5c34)N=C(c3ccccc3)N2)C2C(=C1)Sc1ccccc12. The third-order valence-corrected chi connectivity index (χ3v) is 12.9. The molecule has 3 unspecified atom stereocenters. The van der Waals surface area contributed by atoms with Crippen LogP contribution in [0.4, 0.5) is 0 Å². The van der Waals surface area contributed by atoms with Crippen LogP contribution < -0.4 is 5.32 Å².